The van der Waals surface area contributed by atoms with Gasteiger partial charge in [-0.1, -0.05) is 57.5 Å². The number of carbonyl (C=O) groups is 1. The number of piperidine rings is 1. The Morgan fingerprint density at radius 2 is 2.04 bits per heavy atom. The van der Waals surface area contributed by atoms with Crippen LogP contribution in [0.3, 0.4) is 0 Å². The third-order valence-electron chi connectivity index (χ3n) is 4.47. The second-order valence-corrected chi connectivity index (χ2v) is 7.41. The number of likely N-dealkylation sites (tertiary alicyclic amines) is 1. The molecule has 0 spiro atoms. The molecule has 0 aliphatic carbocycles. The molecule has 1 saturated heterocycles. The van der Waals surface area contributed by atoms with Crippen molar-refractivity contribution < 1.29 is 9.53 Å². The molecule has 0 bridgehead atoms. The van der Waals surface area contributed by atoms with Crippen molar-refractivity contribution in [2.24, 2.45) is 11.8 Å². The van der Waals surface area contributed by atoms with Crippen LogP contribution in [0.1, 0.15) is 45.6 Å². The summed E-state index contributed by atoms with van der Waals surface area (Å²) in [6, 6.07) is 10.00. The van der Waals surface area contributed by atoms with Crippen LogP contribution in [0.5, 0.6) is 0 Å². The number of alkyl carbamates (subject to hydrolysis) is 1. The number of hydrogen-bond donors (Lipinski definition) is 1. The molecule has 4 heteroatoms. The lowest BCUT2D eigenvalue weighted by Crippen LogP contribution is -2.51. The van der Waals surface area contributed by atoms with Gasteiger partial charge in [0, 0.05) is 25.7 Å². The standard InChI is InChI=1S/C20H32N2O2/c1-4-8-18-11-19(14-22(13-18)12-16(2)3)21-20(23)24-15-17-9-6-5-7-10-17/h5-7,9-10,16,18-19H,4,8,11-15H2,1-3H3,(H,21,23). The Kier molecular flexibility index (Phi) is 7.57. The fourth-order valence-corrected chi connectivity index (χ4v) is 3.62. The van der Waals surface area contributed by atoms with Crippen LogP contribution in [-0.4, -0.2) is 36.7 Å². The highest BCUT2D eigenvalue weighted by atomic mass is 16.5. The first kappa shape index (κ1) is 18.8. The second kappa shape index (κ2) is 9.67. The molecule has 134 valence electrons. The number of nitrogens with zero attached hydrogens (tertiary/aromatic N) is 1. The summed E-state index contributed by atoms with van der Waals surface area (Å²) in [5, 5.41) is 3.08. The van der Waals surface area contributed by atoms with Crippen LogP contribution in [0.15, 0.2) is 30.3 Å². The highest BCUT2D eigenvalue weighted by Gasteiger charge is 2.28. The lowest BCUT2D eigenvalue weighted by molar-refractivity contribution is 0.103. The number of benzene rings is 1. The Morgan fingerprint density at radius 3 is 2.71 bits per heavy atom. The van der Waals surface area contributed by atoms with Gasteiger partial charge in [0.2, 0.25) is 0 Å². The summed E-state index contributed by atoms with van der Waals surface area (Å²) in [5.74, 6) is 1.32. The number of amides is 1. The van der Waals surface area contributed by atoms with E-state index >= 15 is 0 Å². The summed E-state index contributed by atoms with van der Waals surface area (Å²) in [6.07, 6.45) is 3.19. The van der Waals surface area contributed by atoms with E-state index in [4.69, 9.17) is 4.74 Å². The van der Waals surface area contributed by atoms with Crippen molar-refractivity contribution >= 4 is 6.09 Å². The van der Waals surface area contributed by atoms with Crippen molar-refractivity contribution in [2.75, 3.05) is 19.6 Å². The lowest BCUT2D eigenvalue weighted by Gasteiger charge is -2.38. The zero-order chi connectivity index (χ0) is 17.4. The molecule has 1 aromatic carbocycles. The SMILES string of the molecule is CCCC1CC(NC(=O)OCc2ccccc2)CN(CC(C)C)C1. The van der Waals surface area contributed by atoms with Gasteiger partial charge in [0.1, 0.15) is 6.61 Å². The maximum atomic E-state index is 12.1. The highest BCUT2D eigenvalue weighted by Crippen LogP contribution is 2.22. The minimum Gasteiger partial charge on any atom is -0.445 e. The monoisotopic (exact) mass is 332 g/mol. The van der Waals surface area contributed by atoms with Gasteiger partial charge in [-0.15, -0.1) is 0 Å². The van der Waals surface area contributed by atoms with Crippen molar-refractivity contribution in [2.45, 2.75) is 52.7 Å². The first-order chi connectivity index (χ1) is 11.6. The first-order valence-electron chi connectivity index (χ1n) is 9.26. The van der Waals surface area contributed by atoms with Gasteiger partial charge in [-0.25, -0.2) is 4.79 Å². The second-order valence-electron chi connectivity index (χ2n) is 7.41. The molecule has 0 saturated carbocycles. The molecule has 1 amide bonds. The average Bonchev–Trinajstić information content (AvgIpc) is 2.53. The largest absolute Gasteiger partial charge is 0.445 e. The maximum Gasteiger partial charge on any atom is 0.407 e. The summed E-state index contributed by atoms with van der Waals surface area (Å²) in [6.45, 7) is 10.2. The minimum absolute atomic E-state index is 0.192. The van der Waals surface area contributed by atoms with Crippen molar-refractivity contribution in [1.82, 2.24) is 10.2 Å². The zero-order valence-electron chi connectivity index (χ0n) is 15.3. The number of carbonyl (C=O) groups excluding carboxylic acids is 1. The molecule has 1 aliphatic heterocycles. The summed E-state index contributed by atoms with van der Waals surface area (Å²) >= 11 is 0. The topological polar surface area (TPSA) is 41.6 Å². The van der Waals surface area contributed by atoms with Crippen LogP contribution in [0.2, 0.25) is 0 Å². The Labute approximate surface area is 146 Å². The molecule has 1 N–H and O–H groups in total. The molecule has 1 aliphatic rings. The van der Waals surface area contributed by atoms with E-state index in [2.05, 4.69) is 31.0 Å². The predicted octanol–water partition coefficient (Wildman–Crippen LogP) is 4.06. The number of nitrogens with one attached hydrogen (secondary N) is 1. The molecular formula is C20H32N2O2. The van der Waals surface area contributed by atoms with Gasteiger partial charge in [0.05, 0.1) is 0 Å². The third kappa shape index (κ3) is 6.52. The van der Waals surface area contributed by atoms with Crippen molar-refractivity contribution in [3.63, 3.8) is 0 Å². The van der Waals surface area contributed by atoms with Gasteiger partial charge in [-0.2, -0.15) is 0 Å². The molecule has 2 unspecified atom stereocenters. The van der Waals surface area contributed by atoms with E-state index in [1.165, 1.54) is 12.8 Å². The smallest absolute Gasteiger partial charge is 0.407 e. The molecule has 0 radical (unpaired) electrons. The van der Waals surface area contributed by atoms with E-state index in [1.54, 1.807) is 0 Å². The normalized spacial score (nSPS) is 21.7. The van der Waals surface area contributed by atoms with Crippen molar-refractivity contribution in [3.8, 4) is 0 Å². The molecule has 4 nitrogen and oxygen atoms in total. The van der Waals surface area contributed by atoms with E-state index < -0.39 is 0 Å². The Hall–Kier alpha value is -1.55. The highest BCUT2D eigenvalue weighted by molar-refractivity contribution is 5.67. The minimum atomic E-state index is -0.300. The molecule has 1 aromatic rings. The fraction of sp³-hybridized carbons (Fsp3) is 0.650. The summed E-state index contributed by atoms with van der Waals surface area (Å²) < 4.78 is 5.37. The molecule has 24 heavy (non-hydrogen) atoms. The maximum absolute atomic E-state index is 12.1. The van der Waals surface area contributed by atoms with Crippen LogP contribution in [0, 0.1) is 11.8 Å². The average molecular weight is 332 g/mol. The van der Waals surface area contributed by atoms with E-state index in [9.17, 15) is 4.79 Å². The third-order valence-corrected chi connectivity index (χ3v) is 4.47. The van der Waals surface area contributed by atoms with E-state index in [1.807, 2.05) is 30.3 Å². The first-order valence-corrected chi connectivity index (χ1v) is 9.26. The molecule has 0 aromatic heterocycles. The quantitative estimate of drug-likeness (QED) is 0.819. The van der Waals surface area contributed by atoms with Gasteiger partial charge in [-0.3, -0.25) is 0 Å². The molecule has 1 fully saturated rings. The molecule has 1 heterocycles. The molecule has 2 rings (SSSR count). The number of ether oxygens (including phenoxy) is 1. The van der Waals surface area contributed by atoms with Crippen molar-refractivity contribution in [1.29, 1.82) is 0 Å². The van der Waals surface area contributed by atoms with Gasteiger partial charge in [0.15, 0.2) is 0 Å². The Bertz CT molecular complexity index is 490. The van der Waals surface area contributed by atoms with Gasteiger partial charge in [0.25, 0.3) is 0 Å². The molecular weight excluding hydrogens is 300 g/mol. The van der Waals surface area contributed by atoms with E-state index in [-0.39, 0.29) is 12.1 Å². The van der Waals surface area contributed by atoms with Gasteiger partial charge in [-0.05, 0) is 30.2 Å². The summed E-state index contributed by atoms with van der Waals surface area (Å²) in [7, 11) is 0. The van der Waals surface area contributed by atoms with Crippen LogP contribution >= 0.6 is 0 Å². The summed E-state index contributed by atoms with van der Waals surface area (Å²) in [5.41, 5.74) is 1.02. The van der Waals surface area contributed by atoms with E-state index in [0.717, 1.165) is 31.6 Å². The van der Waals surface area contributed by atoms with E-state index in [0.29, 0.717) is 18.4 Å². The summed E-state index contributed by atoms with van der Waals surface area (Å²) in [4.78, 5) is 14.6. The molecule has 2 atom stereocenters. The van der Waals surface area contributed by atoms with Gasteiger partial charge >= 0.3 is 6.09 Å². The lowest BCUT2D eigenvalue weighted by atomic mass is 9.90. The number of rotatable bonds is 7. The Morgan fingerprint density at radius 1 is 1.29 bits per heavy atom. The zero-order valence-corrected chi connectivity index (χ0v) is 15.3. The van der Waals surface area contributed by atoms with Crippen molar-refractivity contribution in [3.05, 3.63) is 35.9 Å². The van der Waals surface area contributed by atoms with Crippen LogP contribution < -0.4 is 5.32 Å². The number of hydrogen-bond acceptors (Lipinski definition) is 3. The van der Waals surface area contributed by atoms with Crippen LogP contribution in [0.25, 0.3) is 0 Å². The van der Waals surface area contributed by atoms with Gasteiger partial charge < -0.3 is 15.0 Å². The predicted molar refractivity (Wildman–Crippen MR) is 97.8 cm³/mol. The van der Waals surface area contributed by atoms with Crippen LogP contribution in [0.4, 0.5) is 4.79 Å². The fourth-order valence-electron chi connectivity index (χ4n) is 3.62. The van der Waals surface area contributed by atoms with Crippen LogP contribution in [-0.2, 0) is 11.3 Å². The Balaban J connectivity index is 1.83.